The first-order valence-electron chi connectivity index (χ1n) is 7.67. The zero-order valence-corrected chi connectivity index (χ0v) is 13.1. The molecule has 23 heavy (non-hydrogen) atoms. The summed E-state index contributed by atoms with van der Waals surface area (Å²) in [4.78, 5) is 40.9. The Kier molecular flexibility index (Phi) is 4.29. The van der Waals surface area contributed by atoms with Gasteiger partial charge in [-0.25, -0.2) is 4.79 Å². The number of piperazine rings is 1. The molecule has 2 fully saturated rings. The van der Waals surface area contributed by atoms with Crippen molar-refractivity contribution in [2.24, 2.45) is 0 Å². The van der Waals surface area contributed by atoms with E-state index in [1.807, 2.05) is 37.4 Å². The Bertz CT molecular complexity index is 603. The highest BCUT2D eigenvalue weighted by molar-refractivity contribution is 6.04. The fourth-order valence-corrected chi connectivity index (χ4v) is 3.02. The molecule has 1 aromatic rings. The number of benzene rings is 1. The van der Waals surface area contributed by atoms with E-state index in [0.29, 0.717) is 6.54 Å². The number of amides is 4. The van der Waals surface area contributed by atoms with Crippen molar-refractivity contribution in [2.45, 2.75) is 6.04 Å². The number of hydrogen-bond acceptors (Lipinski definition) is 4. The van der Waals surface area contributed by atoms with Crippen LogP contribution in [-0.4, -0.2) is 72.3 Å². The minimum absolute atomic E-state index is 0.0308. The van der Waals surface area contributed by atoms with Crippen LogP contribution < -0.4 is 5.32 Å². The van der Waals surface area contributed by atoms with Gasteiger partial charge in [-0.1, -0.05) is 30.3 Å². The second-order valence-corrected chi connectivity index (χ2v) is 5.91. The second-order valence-electron chi connectivity index (χ2n) is 5.91. The molecule has 1 aromatic carbocycles. The van der Waals surface area contributed by atoms with Crippen molar-refractivity contribution in [3.8, 4) is 0 Å². The summed E-state index contributed by atoms with van der Waals surface area (Å²) in [6, 6.07) is 9.27. The number of carbonyl (C=O) groups is 3. The van der Waals surface area contributed by atoms with Gasteiger partial charge in [0.15, 0.2) is 0 Å². The number of nitrogens with one attached hydrogen (secondary N) is 1. The Balaban J connectivity index is 1.77. The molecule has 2 aliphatic heterocycles. The fourth-order valence-electron chi connectivity index (χ4n) is 3.02. The molecule has 0 aliphatic carbocycles. The van der Waals surface area contributed by atoms with Crippen LogP contribution in [0.2, 0.25) is 0 Å². The maximum Gasteiger partial charge on any atom is 0.325 e. The first-order valence-corrected chi connectivity index (χ1v) is 7.67. The SMILES string of the molecule is CN1CCN(C(=O)CN2C(=O)CNC2=O)[C@H](c2ccccc2)C1. The smallest absolute Gasteiger partial charge is 0.325 e. The lowest BCUT2D eigenvalue weighted by Gasteiger charge is -2.40. The Labute approximate surface area is 134 Å². The quantitative estimate of drug-likeness (QED) is 0.800. The van der Waals surface area contributed by atoms with Crippen LogP contribution in [0.3, 0.4) is 0 Å². The van der Waals surface area contributed by atoms with Crippen molar-refractivity contribution in [3.63, 3.8) is 0 Å². The van der Waals surface area contributed by atoms with Crippen LogP contribution in [0, 0.1) is 0 Å². The van der Waals surface area contributed by atoms with E-state index in [4.69, 9.17) is 0 Å². The largest absolute Gasteiger partial charge is 0.332 e. The topological polar surface area (TPSA) is 73.0 Å². The van der Waals surface area contributed by atoms with Gasteiger partial charge in [-0.15, -0.1) is 0 Å². The number of hydrogen-bond donors (Lipinski definition) is 1. The summed E-state index contributed by atoms with van der Waals surface area (Å²) in [5.41, 5.74) is 1.06. The van der Waals surface area contributed by atoms with Crippen molar-refractivity contribution in [1.29, 1.82) is 0 Å². The molecule has 1 atom stereocenters. The highest BCUT2D eigenvalue weighted by Crippen LogP contribution is 2.25. The highest BCUT2D eigenvalue weighted by Gasteiger charge is 2.35. The number of rotatable bonds is 3. The Morgan fingerprint density at radius 1 is 1.22 bits per heavy atom. The summed E-state index contributed by atoms with van der Waals surface area (Å²) in [6.45, 7) is 1.86. The first-order chi connectivity index (χ1) is 11.1. The molecule has 3 rings (SSSR count). The van der Waals surface area contributed by atoms with E-state index < -0.39 is 6.03 Å². The van der Waals surface area contributed by atoms with E-state index in [-0.39, 0.29) is 30.9 Å². The average Bonchev–Trinajstić information content (AvgIpc) is 2.87. The fraction of sp³-hybridized carbons (Fsp3) is 0.438. The number of urea groups is 1. The number of carbonyl (C=O) groups excluding carboxylic acids is 3. The molecule has 2 heterocycles. The van der Waals surface area contributed by atoms with Crippen LogP contribution in [0.25, 0.3) is 0 Å². The van der Waals surface area contributed by atoms with Gasteiger partial charge >= 0.3 is 6.03 Å². The highest BCUT2D eigenvalue weighted by atomic mass is 16.2. The lowest BCUT2D eigenvalue weighted by molar-refractivity contribution is -0.140. The summed E-state index contributed by atoms with van der Waals surface area (Å²) < 4.78 is 0. The van der Waals surface area contributed by atoms with Crippen molar-refractivity contribution < 1.29 is 14.4 Å². The molecular weight excluding hydrogens is 296 g/mol. The molecule has 7 heteroatoms. The van der Waals surface area contributed by atoms with E-state index in [1.165, 1.54) is 0 Å². The molecule has 122 valence electrons. The molecule has 0 aromatic heterocycles. The zero-order valence-electron chi connectivity index (χ0n) is 13.1. The zero-order chi connectivity index (χ0) is 16.4. The minimum atomic E-state index is -0.492. The lowest BCUT2D eigenvalue weighted by atomic mass is 10.0. The average molecular weight is 316 g/mol. The third kappa shape index (κ3) is 3.19. The summed E-state index contributed by atoms with van der Waals surface area (Å²) >= 11 is 0. The van der Waals surface area contributed by atoms with E-state index in [2.05, 4.69) is 10.2 Å². The van der Waals surface area contributed by atoms with Crippen LogP contribution in [0.5, 0.6) is 0 Å². The molecule has 2 saturated heterocycles. The van der Waals surface area contributed by atoms with Gasteiger partial charge in [-0.3, -0.25) is 14.5 Å². The standard InChI is InChI=1S/C16H20N4O3/c1-18-7-8-19(13(10-18)12-5-3-2-4-6-12)15(22)11-20-14(21)9-17-16(20)23/h2-6,13H,7-11H2,1H3,(H,17,23)/t13-/m0/s1. The van der Waals surface area contributed by atoms with E-state index in [1.54, 1.807) is 4.90 Å². The van der Waals surface area contributed by atoms with Gasteiger partial charge in [0.25, 0.3) is 5.91 Å². The van der Waals surface area contributed by atoms with Gasteiger partial charge in [-0.2, -0.15) is 0 Å². The third-order valence-corrected chi connectivity index (χ3v) is 4.32. The second kappa shape index (κ2) is 6.37. The van der Waals surface area contributed by atoms with Crippen LogP contribution >= 0.6 is 0 Å². The number of likely N-dealkylation sites (N-methyl/N-ethyl adjacent to an activating group) is 1. The summed E-state index contributed by atoms with van der Waals surface area (Å²) in [7, 11) is 2.02. The third-order valence-electron chi connectivity index (χ3n) is 4.32. The van der Waals surface area contributed by atoms with Crippen LogP contribution in [0.4, 0.5) is 4.79 Å². The summed E-state index contributed by atoms with van der Waals surface area (Å²) in [5, 5.41) is 2.44. The van der Waals surface area contributed by atoms with Crippen LogP contribution in [0.1, 0.15) is 11.6 Å². The monoisotopic (exact) mass is 316 g/mol. The maximum absolute atomic E-state index is 12.7. The van der Waals surface area contributed by atoms with Crippen molar-refractivity contribution >= 4 is 17.8 Å². The van der Waals surface area contributed by atoms with Gasteiger partial charge < -0.3 is 15.1 Å². The number of imide groups is 1. The van der Waals surface area contributed by atoms with E-state index in [9.17, 15) is 14.4 Å². The molecule has 0 radical (unpaired) electrons. The van der Waals surface area contributed by atoms with Gasteiger partial charge in [0, 0.05) is 19.6 Å². The van der Waals surface area contributed by atoms with Crippen LogP contribution in [0.15, 0.2) is 30.3 Å². The molecule has 7 nitrogen and oxygen atoms in total. The van der Waals surface area contributed by atoms with Crippen molar-refractivity contribution in [1.82, 2.24) is 20.0 Å². The molecule has 0 unspecified atom stereocenters. The Hall–Kier alpha value is -2.41. The molecule has 0 saturated carbocycles. The molecule has 0 spiro atoms. The first kappa shape index (κ1) is 15.5. The van der Waals surface area contributed by atoms with Gasteiger partial charge in [0.2, 0.25) is 5.91 Å². The van der Waals surface area contributed by atoms with Gasteiger partial charge in [-0.05, 0) is 12.6 Å². The minimum Gasteiger partial charge on any atom is -0.332 e. The molecule has 1 N–H and O–H groups in total. The van der Waals surface area contributed by atoms with E-state index >= 15 is 0 Å². The van der Waals surface area contributed by atoms with E-state index in [0.717, 1.165) is 23.6 Å². The summed E-state index contributed by atoms with van der Waals surface area (Å²) in [6.07, 6.45) is 0. The lowest BCUT2D eigenvalue weighted by Crippen LogP contribution is -2.52. The van der Waals surface area contributed by atoms with Gasteiger partial charge in [0.05, 0.1) is 12.6 Å². The van der Waals surface area contributed by atoms with Crippen molar-refractivity contribution in [3.05, 3.63) is 35.9 Å². The summed E-state index contributed by atoms with van der Waals surface area (Å²) in [5.74, 6) is -0.550. The molecule has 2 aliphatic rings. The van der Waals surface area contributed by atoms with Crippen LogP contribution in [-0.2, 0) is 9.59 Å². The Morgan fingerprint density at radius 2 is 1.96 bits per heavy atom. The molecule has 0 bridgehead atoms. The van der Waals surface area contributed by atoms with Crippen molar-refractivity contribution in [2.75, 3.05) is 39.8 Å². The predicted octanol–water partition coefficient (Wildman–Crippen LogP) is 0.0535. The predicted molar refractivity (Wildman–Crippen MR) is 83.5 cm³/mol. The van der Waals surface area contributed by atoms with Gasteiger partial charge in [0.1, 0.15) is 6.54 Å². The number of nitrogens with zero attached hydrogens (tertiary/aromatic N) is 3. The normalized spacial score (nSPS) is 22.4. The molecule has 4 amide bonds. The molecular formula is C16H20N4O3. The Morgan fingerprint density at radius 3 is 2.61 bits per heavy atom. The maximum atomic E-state index is 12.7.